The fraction of sp³-hybridized carbons (Fsp3) is 0.100. The molecule has 0 aliphatic rings. The van der Waals surface area contributed by atoms with Gasteiger partial charge in [0.2, 0.25) is 0 Å². The lowest BCUT2D eigenvalue weighted by Crippen LogP contribution is -2.00. The van der Waals surface area contributed by atoms with Crippen LogP contribution in [0.5, 0.6) is 0 Å². The van der Waals surface area contributed by atoms with Gasteiger partial charge in [0, 0.05) is 11.3 Å². The molecule has 1 aromatic rings. The van der Waals surface area contributed by atoms with E-state index < -0.39 is 0 Å². The van der Waals surface area contributed by atoms with Crippen LogP contribution in [-0.4, -0.2) is 12.8 Å². The van der Waals surface area contributed by atoms with E-state index in [-0.39, 0.29) is 0 Å². The molecule has 1 N–H and O–H groups in total. The highest BCUT2D eigenvalue weighted by molar-refractivity contribution is 5.84. The number of anilines is 1. The summed E-state index contributed by atoms with van der Waals surface area (Å²) in [5.74, 6) is 2.44. The lowest BCUT2D eigenvalue weighted by Gasteiger charge is -2.03. The number of carbonyl (C=O) groups is 1. The Kier molecular flexibility index (Phi) is 2.92. The van der Waals surface area contributed by atoms with Gasteiger partial charge in [-0.3, -0.25) is 4.79 Å². The molecule has 0 saturated carbocycles. The number of hydrogen-bond donors (Lipinski definition) is 1. The van der Waals surface area contributed by atoms with Crippen LogP contribution in [-0.2, 0) is 0 Å². The number of aldehydes is 1. The maximum atomic E-state index is 10.5. The molecule has 0 aliphatic heterocycles. The monoisotopic (exact) mass is 159 g/mol. The van der Waals surface area contributed by atoms with Gasteiger partial charge >= 0.3 is 0 Å². The molecule has 2 nitrogen and oxygen atoms in total. The molecule has 0 saturated heterocycles. The molecule has 12 heavy (non-hydrogen) atoms. The molecule has 0 amide bonds. The van der Waals surface area contributed by atoms with Crippen molar-refractivity contribution >= 4 is 12.0 Å². The molecule has 0 atom stereocenters. The third-order valence-electron chi connectivity index (χ3n) is 1.47. The normalized spacial score (nSPS) is 8.58. The van der Waals surface area contributed by atoms with Crippen LogP contribution in [0.2, 0.25) is 0 Å². The van der Waals surface area contributed by atoms with Crippen molar-refractivity contribution in [1.82, 2.24) is 0 Å². The first kappa shape index (κ1) is 8.35. The van der Waals surface area contributed by atoms with E-state index in [0.717, 1.165) is 12.0 Å². The number of rotatable bonds is 3. The molecule has 2 heteroatoms. The van der Waals surface area contributed by atoms with E-state index in [0.29, 0.717) is 12.1 Å². The van der Waals surface area contributed by atoms with Gasteiger partial charge < -0.3 is 5.32 Å². The third-order valence-corrected chi connectivity index (χ3v) is 1.47. The Morgan fingerprint density at radius 2 is 2.25 bits per heavy atom. The first-order valence-corrected chi connectivity index (χ1v) is 3.60. The summed E-state index contributed by atoms with van der Waals surface area (Å²) < 4.78 is 0. The third kappa shape index (κ3) is 1.86. The molecule has 0 fully saturated rings. The van der Waals surface area contributed by atoms with Crippen molar-refractivity contribution in [3.05, 3.63) is 29.8 Å². The Balaban J connectivity index is 2.83. The first-order valence-electron chi connectivity index (χ1n) is 3.60. The SMILES string of the molecule is C#CCNc1ccccc1C=O. The van der Waals surface area contributed by atoms with Crippen LogP contribution in [0, 0.1) is 12.3 Å². The van der Waals surface area contributed by atoms with Crippen LogP contribution in [0.1, 0.15) is 10.4 Å². The van der Waals surface area contributed by atoms with Crippen molar-refractivity contribution in [2.45, 2.75) is 0 Å². The number of carbonyl (C=O) groups excluding carboxylic acids is 1. The Morgan fingerprint density at radius 1 is 1.50 bits per heavy atom. The van der Waals surface area contributed by atoms with E-state index in [2.05, 4.69) is 11.2 Å². The smallest absolute Gasteiger partial charge is 0.152 e. The molecule has 1 rings (SSSR count). The van der Waals surface area contributed by atoms with Crippen molar-refractivity contribution in [1.29, 1.82) is 0 Å². The second-order valence-electron chi connectivity index (χ2n) is 2.26. The summed E-state index contributed by atoms with van der Waals surface area (Å²) in [6, 6.07) is 7.23. The molecule has 0 heterocycles. The predicted molar refractivity (Wildman–Crippen MR) is 49.2 cm³/mol. The van der Waals surface area contributed by atoms with Crippen molar-refractivity contribution in [3.63, 3.8) is 0 Å². The average Bonchev–Trinajstić information content (AvgIpc) is 2.15. The van der Waals surface area contributed by atoms with Gasteiger partial charge in [-0.15, -0.1) is 6.42 Å². The Bertz CT molecular complexity index is 312. The molecule has 0 unspecified atom stereocenters. The van der Waals surface area contributed by atoms with Gasteiger partial charge in [0.1, 0.15) is 0 Å². The summed E-state index contributed by atoms with van der Waals surface area (Å²) in [6.45, 7) is 0.435. The fourth-order valence-corrected chi connectivity index (χ4v) is 0.907. The molecular formula is C10H9NO. The molecule has 0 aliphatic carbocycles. The van der Waals surface area contributed by atoms with Crippen LogP contribution < -0.4 is 5.32 Å². The lowest BCUT2D eigenvalue weighted by molar-refractivity contribution is 0.112. The fourth-order valence-electron chi connectivity index (χ4n) is 0.907. The van der Waals surface area contributed by atoms with E-state index in [1.807, 2.05) is 18.2 Å². The predicted octanol–water partition coefficient (Wildman–Crippen LogP) is 1.54. The van der Waals surface area contributed by atoms with Crippen molar-refractivity contribution in [2.75, 3.05) is 11.9 Å². The molecule has 0 aromatic heterocycles. The number of nitrogens with one attached hydrogen (secondary N) is 1. The standard InChI is InChI=1S/C10H9NO/c1-2-7-11-10-6-4-3-5-9(10)8-12/h1,3-6,8,11H,7H2. The van der Waals surface area contributed by atoms with E-state index in [9.17, 15) is 4.79 Å². The summed E-state index contributed by atoms with van der Waals surface area (Å²) in [7, 11) is 0. The van der Waals surface area contributed by atoms with Crippen molar-refractivity contribution in [3.8, 4) is 12.3 Å². The van der Waals surface area contributed by atoms with E-state index in [1.165, 1.54) is 0 Å². The number of benzene rings is 1. The highest BCUT2D eigenvalue weighted by atomic mass is 16.1. The highest BCUT2D eigenvalue weighted by Crippen LogP contribution is 2.11. The molecule has 60 valence electrons. The maximum Gasteiger partial charge on any atom is 0.152 e. The quantitative estimate of drug-likeness (QED) is 0.535. The Labute approximate surface area is 71.6 Å². The zero-order valence-electron chi connectivity index (χ0n) is 6.58. The molecular weight excluding hydrogens is 150 g/mol. The summed E-state index contributed by atoms with van der Waals surface area (Å²) >= 11 is 0. The van der Waals surface area contributed by atoms with E-state index in [4.69, 9.17) is 6.42 Å². The van der Waals surface area contributed by atoms with Gasteiger partial charge in [-0.1, -0.05) is 18.1 Å². The molecule has 0 radical (unpaired) electrons. The van der Waals surface area contributed by atoms with Gasteiger partial charge in [0.15, 0.2) is 6.29 Å². The van der Waals surface area contributed by atoms with Gasteiger partial charge in [0.05, 0.1) is 6.54 Å². The Hall–Kier alpha value is -1.75. The topological polar surface area (TPSA) is 29.1 Å². The lowest BCUT2D eigenvalue weighted by atomic mass is 10.2. The summed E-state index contributed by atoms with van der Waals surface area (Å²) in [6.07, 6.45) is 5.87. The summed E-state index contributed by atoms with van der Waals surface area (Å²) in [5, 5.41) is 2.95. The average molecular weight is 159 g/mol. The molecule has 0 bridgehead atoms. The van der Waals surface area contributed by atoms with Crippen LogP contribution in [0.4, 0.5) is 5.69 Å². The van der Waals surface area contributed by atoms with Gasteiger partial charge in [0.25, 0.3) is 0 Å². The van der Waals surface area contributed by atoms with Crippen molar-refractivity contribution < 1.29 is 4.79 Å². The molecule has 0 spiro atoms. The first-order chi connectivity index (χ1) is 5.88. The van der Waals surface area contributed by atoms with Gasteiger partial charge in [-0.25, -0.2) is 0 Å². The van der Waals surface area contributed by atoms with E-state index in [1.54, 1.807) is 6.07 Å². The second kappa shape index (κ2) is 4.20. The van der Waals surface area contributed by atoms with E-state index >= 15 is 0 Å². The zero-order chi connectivity index (χ0) is 8.81. The molecule has 1 aromatic carbocycles. The highest BCUT2D eigenvalue weighted by Gasteiger charge is 1.96. The second-order valence-corrected chi connectivity index (χ2v) is 2.26. The number of para-hydroxylation sites is 1. The minimum atomic E-state index is 0.435. The number of hydrogen-bond acceptors (Lipinski definition) is 2. The largest absolute Gasteiger partial charge is 0.374 e. The van der Waals surface area contributed by atoms with Crippen LogP contribution in [0.15, 0.2) is 24.3 Å². The van der Waals surface area contributed by atoms with Crippen molar-refractivity contribution in [2.24, 2.45) is 0 Å². The zero-order valence-corrected chi connectivity index (χ0v) is 6.58. The van der Waals surface area contributed by atoms with Crippen LogP contribution in [0.3, 0.4) is 0 Å². The summed E-state index contributed by atoms with van der Waals surface area (Å²) in [5.41, 5.74) is 1.42. The van der Waals surface area contributed by atoms with Gasteiger partial charge in [-0.2, -0.15) is 0 Å². The summed E-state index contributed by atoms with van der Waals surface area (Å²) in [4.78, 5) is 10.5. The van der Waals surface area contributed by atoms with Gasteiger partial charge in [-0.05, 0) is 12.1 Å². The minimum absolute atomic E-state index is 0.435. The van der Waals surface area contributed by atoms with Crippen LogP contribution >= 0.6 is 0 Å². The Morgan fingerprint density at radius 3 is 2.92 bits per heavy atom. The maximum absolute atomic E-state index is 10.5. The minimum Gasteiger partial charge on any atom is -0.374 e. The van der Waals surface area contributed by atoms with Crippen LogP contribution in [0.25, 0.3) is 0 Å². The number of terminal acetylenes is 1.